The lowest BCUT2D eigenvalue weighted by molar-refractivity contribution is 0.406. The van der Waals surface area contributed by atoms with Crippen LogP contribution in [0.4, 0.5) is 22.7 Å². The van der Waals surface area contributed by atoms with E-state index in [4.69, 9.17) is 0 Å². The molecule has 1 atom stereocenters. The zero-order valence-electron chi connectivity index (χ0n) is 48.0. The summed E-state index contributed by atoms with van der Waals surface area (Å²) < 4.78 is 5.33. The van der Waals surface area contributed by atoms with Crippen LogP contribution in [-0.4, -0.2) is 14.8 Å². The Bertz CT molecular complexity index is 4270. The van der Waals surface area contributed by atoms with Gasteiger partial charge < -0.3 is 18.6 Å². The number of aromatic nitrogens is 2. The number of aryl methyl sites for hydroxylation is 1. The molecule has 0 bridgehead atoms. The molecule has 0 radical (unpaired) electrons. The summed E-state index contributed by atoms with van der Waals surface area (Å²) in [6.07, 6.45) is 37.6. The van der Waals surface area contributed by atoms with Gasteiger partial charge in [0.05, 0.1) is 44.8 Å². The second kappa shape index (κ2) is 20.2. The Balaban J connectivity index is 0.847. The molecule has 0 spiro atoms. The first kappa shape index (κ1) is 49.3. The first-order valence-electron chi connectivity index (χ1n) is 32.6. The normalized spacial score (nSPS) is 20.0. The van der Waals surface area contributed by atoms with Crippen LogP contribution in [0.15, 0.2) is 169 Å². The fourth-order valence-corrected chi connectivity index (χ4v) is 17.7. The van der Waals surface area contributed by atoms with Gasteiger partial charge in [0.2, 0.25) is 0 Å². The van der Waals surface area contributed by atoms with Crippen LogP contribution in [-0.2, 0) is 6.42 Å². The number of nitrogens with zero attached hydrogens (tertiary/aromatic N) is 4. The molecule has 0 N–H and O–H groups in total. The molecule has 4 fully saturated rings. The van der Waals surface area contributed by atoms with E-state index in [0.29, 0.717) is 23.7 Å². The molecule has 0 amide bonds. The highest BCUT2D eigenvalue weighted by Crippen LogP contribution is 2.50. The minimum atomic E-state index is 0.216. The number of hydrogen-bond acceptors (Lipinski definition) is 2. The summed E-state index contributed by atoms with van der Waals surface area (Å²) in [6.45, 7) is 0. The Labute approximate surface area is 484 Å². The summed E-state index contributed by atoms with van der Waals surface area (Å²) in [5, 5.41) is 9.54. The molecule has 4 heteroatoms. The van der Waals surface area contributed by atoms with Crippen LogP contribution in [0.25, 0.3) is 71.1 Å². The minimum Gasteiger partial charge on any atom is -0.334 e. The average molecular weight is 1070 g/mol. The molecule has 4 saturated carbocycles. The molecule has 0 aliphatic heterocycles. The van der Waals surface area contributed by atoms with E-state index in [2.05, 4.69) is 182 Å². The van der Waals surface area contributed by atoms with Gasteiger partial charge in [-0.25, -0.2) is 0 Å². The Morgan fingerprint density at radius 2 is 0.890 bits per heavy atom. The highest BCUT2D eigenvalue weighted by molar-refractivity contribution is 6.28. The fraction of sp³-hybridized carbons (Fsp3) is 0.359. The Morgan fingerprint density at radius 1 is 0.390 bits per heavy atom. The zero-order chi connectivity index (χ0) is 53.8. The number of allylic oxidation sites excluding steroid dienone is 2. The number of para-hydroxylation sites is 2. The summed E-state index contributed by atoms with van der Waals surface area (Å²) in [5.74, 6) is 2.75. The smallest absolute Gasteiger partial charge is 0.0641 e. The highest BCUT2D eigenvalue weighted by Gasteiger charge is 2.32. The summed E-state index contributed by atoms with van der Waals surface area (Å²) in [6, 6.07) is 58.7. The standard InChI is InChI=1S/C78H78N4/c1-5-17-51(18-6-1)55-29-37-59(38-30-55)79(60-39-31-56(32-40-60)52-19-7-2-8-20-52)71-47-45-63-67-49-74-68(50-73(67)81-69-27-15-13-25-65(69)75(71)77(63)81)64-46-48-72(76-66-26-14-16-28-70(66)82(74)78(64)76)80(61-41-33-57(34-42-61)53-21-9-3-10-22-53)62-43-35-58(36-44-62)54-23-11-4-12-24-54/h13-16,25-43,46,48-54,62H,1-12,17-24,44-45,47H2. The summed E-state index contributed by atoms with van der Waals surface area (Å²) in [4.78, 5) is 5.39. The van der Waals surface area contributed by atoms with E-state index in [1.54, 1.807) is 5.57 Å². The van der Waals surface area contributed by atoms with Crippen LogP contribution in [0.3, 0.4) is 0 Å². The molecule has 82 heavy (non-hydrogen) atoms. The van der Waals surface area contributed by atoms with Crippen molar-refractivity contribution in [3.05, 3.63) is 197 Å². The van der Waals surface area contributed by atoms with E-state index in [1.807, 2.05) is 0 Å². The molecule has 6 aliphatic rings. The molecule has 1 unspecified atom stereocenters. The number of fused-ring (bicyclic) bond motifs is 12. The topological polar surface area (TPSA) is 15.3 Å². The van der Waals surface area contributed by atoms with E-state index in [1.165, 1.54) is 250 Å². The van der Waals surface area contributed by atoms with Crippen LogP contribution in [0, 0.1) is 5.92 Å². The van der Waals surface area contributed by atoms with E-state index < -0.39 is 0 Å². The van der Waals surface area contributed by atoms with Crippen LogP contribution in [0.2, 0.25) is 0 Å². The molecule has 7 aromatic carbocycles. The first-order chi connectivity index (χ1) is 40.7. The van der Waals surface area contributed by atoms with Crippen molar-refractivity contribution in [1.82, 2.24) is 8.80 Å². The number of anilines is 4. The van der Waals surface area contributed by atoms with Crippen LogP contribution in [0.5, 0.6) is 0 Å². The van der Waals surface area contributed by atoms with Crippen molar-refractivity contribution in [2.45, 2.75) is 171 Å². The van der Waals surface area contributed by atoms with Crippen molar-refractivity contribution < 1.29 is 0 Å². The second-order valence-electron chi connectivity index (χ2n) is 26.3. The quantitative estimate of drug-likeness (QED) is 0.136. The van der Waals surface area contributed by atoms with Gasteiger partial charge in [0.15, 0.2) is 0 Å². The summed E-state index contributed by atoms with van der Waals surface area (Å²) >= 11 is 0. The van der Waals surface area contributed by atoms with Gasteiger partial charge in [0.1, 0.15) is 0 Å². The minimum absolute atomic E-state index is 0.216. The highest BCUT2D eigenvalue weighted by atomic mass is 15.2. The second-order valence-corrected chi connectivity index (χ2v) is 26.3. The molecule has 11 aromatic rings. The van der Waals surface area contributed by atoms with Gasteiger partial charge in [-0.3, -0.25) is 0 Å². The van der Waals surface area contributed by atoms with Crippen molar-refractivity contribution in [2.24, 2.45) is 5.92 Å². The third-order valence-electron chi connectivity index (χ3n) is 21.8. The van der Waals surface area contributed by atoms with Crippen molar-refractivity contribution in [3.8, 4) is 0 Å². The molecule has 4 heterocycles. The van der Waals surface area contributed by atoms with Gasteiger partial charge in [-0.05, 0) is 189 Å². The number of benzene rings is 7. The monoisotopic (exact) mass is 1070 g/mol. The third-order valence-corrected chi connectivity index (χ3v) is 21.8. The Morgan fingerprint density at radius 3 is 1.46 bits per heavy atom. The van der Waals surface area contributed by atoms with Crippen molar-refractivity contribution in [1.29, 1.82) is 0 Å². The predicted octanol–water partition coefficient (Wildman–Crippen LogP) is 21.1. The van der Waals surface area contributed by atoms with Gasteiger partial charge in [-0.2, -0.15) is 0 Å². The van der Waals surface area contributed by atoms with E-state index in [-0.39, 0.29) is 6.04 Å². The Kier molecular flexibility index (Phi) is 12.2. The van der Waals surface area contributed by atoms with Crippen LogP contribution >= 0.6 is 0 Å². The third kappa shape index (κ3) is 7.96. The Hall–Kier alpha value is -7.30. The van der Waals surface area contributed by atoms with Crippen molar-refractivity contribution in [3.63, 3.8) is 0 Å². The average Bonchev–Trinajstić information content (AvgIpc) is 2.17. The molecule has 17 rings (SSSR count). The maximum Gasteiger partial charge on any atom is 0.0641 e. The maximum absolute atomic E-state index is 2.72. The van der Waals surface area contributed by atoms with Gasteiger partial charge in [-0.1, -0.05) is 174 Å². The van der Waals surface area contributed by atoms with Crippen LogP contribution < -0.4 is 15.0 Å². The predicted molar refractivity (Wildman–Crippen MR) is 347 cm³/mol. The maximum atomic E-state index is 2.72. The molecule has 4 nitrogen and oxygen atoms in total. The first-order valence-corrected chi connectivity index (χ1v) is 32.6. The largest absolute Gasteiger partial charge is 0.334 e. The van der Waals surface area contributed by atoms with E-state index in [9.17, 15) is 0 Å². The van der Waals surface area contributed by atoms with Gasteiger partial charge in [0, 0.05) is 60.3 Å². The number of rotatable bonds is 10. The lowest BCUT2D eigenvalue weighted by atomic mass is 9.81. The van der Waals surface area contributed by atoms with Gasteiger partial charge >= 0.3 is 0 Å². The molecule has 4 aromatic heterocycles. The van der Waals surface area contributed by atoms with E-state index >= 15 is 0 Å². The van der Waals surface area contributed by atoms with Crippen molar-refractivity contribution in [2.75, 3.05) is 9.80 Å². The summed E-state index contributed by atoms with van der Waals surface area (Å²) in [7, 11) is 0. The zero-order valence-corrected chi connectivity index (χ0v) is 48.0. The fourth-order valence-electron chi connectivity index (χ4n) is 17.7. The molecule has 6 aliphatic carbocycles. The van der Waals surface area contributed by atoms with Gasteiger partial charge in [0.25, 0.3) is 0 Å². The van der Waals surface area contributed by atoms with Crippen molar-refractivity contribution >= 4 is 93.9 Å². The van der Waals surface area contributed by atoms with Crippen LogP contribution in [0.1, 0.15) is 181 Å². The van der Waals surface area contributed by atoms with Gasteiger partial charge in [-0.15, -0.1) is 0 Å². The molecular weight excluding hydrogens is 993 g/mol. The lowest BCUT2D eigenvalue weighted by Gasteiger charge is -2.35. The van der Waals surface area contributed by atoms with E-state index in [0.717, 1.165) is 19.3 Å². The molecule has 0 saturated heterocycles. The summed E-state index contributed by atoms with van der Waals surface area (Å²) in [5.41, 5.74) is 22.2. The molecular formula is C78H78N4. The SMILES string of the molecule is C1=CC(N(c2ccc(C3CCCCC3)cc2)c2ccc3c4cc5c(cc4n4c6ccccc6c2c34)c2c3c(c4ccccc4n35)=C(N(c3ccc(C4CCCCC4)cc3)c3ccc(C4CCCCC4)cc3)CC2)CC=C1C1CCCCC1. The number of hydrogen-bond donors (Lipinski definition) is 0. The molecule has 410 valence electrons. The lowest BCUT2D eigenvalue weighted by Crippen LogP contribution is -2.31.